The molecular formula is C20H34N2O. The van der Waals surface area contributed by atoms with Gasteiger partial charge in [0.1, 0.15) is 0 Å². The lowest BCUT2D eigenvalue weighted by molar-refractivity contribution is -0.126. The molecule has 0 unspecified atom stereocenters. The first-order chi connectivity index (χ1) is 10.8. The maximum Gasteiger partial charge on any atom is 0.243 e. The fraction of sp³-hybridized carbons (Fsp3) is 0.900. The third kappa shape index (κ3) is 3.80. The van der Waals surface area contributed by atoms with Crippen LogP contribution in [-0.4, -0.2) is 11.6 Å². The molecule has 3 saturated carbocycles. The average Bonchev–Trinajstić information content (AvgIpc) is 3.14. The predicted octanol–water partition coefficient (Wildman–Crippen LogP) is 4.77. The number of rotatable bonds is 3. The normalized spacial score (nSPS) is 37.9. The van der Waals surface area contributed by atoms with Crippen molar-refractivity contribution in [3.8, 4) is 0 Å². The Labute approximate surface area is 141 Å². The van der Waals surface area contributed by atoms with E-state index in [1.807, 2.05) is 0 Å². The first-order valence-electron chi connectivity index (χ1n) is 9.68. The molecule has 23 heavy (non-hydrogen) atoms. The first kappa shape index (κ1) is 17.0. The van der Waals surface area contributed by atoms with Crippen molar-refractivity contribution >= 4 is 11.6 Å². The zero-order chi connectivity index (χ0) is 16.6. The van der Waals surface area contributed by atoms with Crippen molar-refractivity contribution in [2.45, 2.75) is 79.1 Å². The van der Waals surface area contributed by atoms with Crippen molar-refractivity contribution in [3.63, 3.8) is 0 Å². The summed E-state index contributed by atoms with van der Waals surface area (Å²) in [4.78, 5) is 12.4. The van der Waals surface area contributed by atoms with E-state index in [0.717, 1.165) is 36.3 Å². The van der Waals surface area contributed by atoms with Gasteiger partial charge in [-0.1, -0.05) is 27.2 Å². The van der Waals surface area contributed by atoms with Crippen molar-refractivity contribution in [2.24, 2.45) is 40.1 Å². The Morgan fingerprint density at radius 2 is 1.70 bits per heavy atom. The SMILES string of the molecule is C/C(=N\NC(=O)C1CCC(C(C)(C)C)CC1)[C@H]1C[C@@H]2CC[C@@H]1C2. The van der Waals surface area contributed by atoms with Crippen LogP contribution in [0, 0.1) is 35.0 Å². The summed E-state index contributed by atoms with van der Waals surface area (Å²) in [5.41, 5.74) is 4.43. The molecule has 3 atom stereocenters. The molecule has 0 saturated heterocycles. The van der Waals surface area contributed by atoms with Gasteiger partial charge in [0.05, 0.1) is 0 Å². The van der Waals surface area contributed by atoms with Crippen LogP contribution in [0.25, 0.3) is 0 Å². The van der Waals surface area contributed by atoms with E-state index in [1.165, 1.54) is 38.5 Å². The van der Waals surface area contributed by atoms with Gasteiger partial charge in [0.2, 0.25) is 5.91 Å². The highest BCUT2D eigenvalue weighted by atomic mass is 16.2. The predicted molar refractivity (Wildman–Crippen MR) is 95.1 cm³/mol. The molecule has 3 nitrogen and oxygen atoms in total. The molecule has 2 bridgehead atoms. The number of hydrogen-bond acceptors (Lipinski definition) is 2. The maximum absolute atomic E-state index is 12.4. The molecule has 3 heteroatoms. The number of nitrogens with zero attached hydrogens (tertiary/aromatic N) is 1. The van der Waals surface area contributed by atoms with Crippen LogP contribution in [0.5, 0.6) is 0 Å². The molecule has 0 aromatic carbocycles. The minimum Gasteiger partial charge on any atom is -0.273 e. The second-order valence-corrected chi connectivity index (χ2v) is 9.43. The summed E-state index contributed by atoms with van der Waals surface area (Å²) < 4.78 is 0. The molecule has 0 aromatic heterocycles. The minimum absolute atomic E-state index is 0.153. The highest BCUT2D eigenvalue weighted by molar-refractivity contribution is 5.87. The number of amides is 1. The van der Waals surface area contributed by atoms with Crippen molar-refractivity contribution < 1.29 is 4.79 Å². The number of hydrogen-bond donors (Lipinski definition) is 1. The zero-order valence-corrected chi connectivity index (χ0v) is 15.4. The van der Waals surface area contributed by atoms with Crippen LogP contribution in [0.15, 0.2) is 5.10 Å². The molecule has 3 aliphatic carbocycles. The Morgan fingerprint density at radius 3 is 2.22 bits per heavy atom. The summed E-state index contributed by atoms with van der Waals surface area (Å²) in [6.07, 6.45) is 9.87. The molecule has 130 valence electrons. The molecule has 0 spiro atoms. The second-order valence-electron chi connectivity index (χ2n) is 9.43. The van der Waals surface area contributed by atoms with Gasteiger partial charge < -0.3 is 0 Å². The maximum atomic E-state index is 12.4. The highest BCUT2D eigenvalue weighted by Crippen LogP contribution is 2.48. The third-order valence-electron chi connectivity index (χ3n) is 6.94. The van der Waals surface area contributed by atoms with E-state index in [4.69, 9.17) is 0 Å². The molecule has 0 heterocycles. The van der Waals surface area contributed by atoms with Crippen LogP contribution in [0.2, 0.25) is 0 Å². The number of carbonyl (C=O) groups is 1. The quantitative estimate of drug-likeness (QED) is 0.591. The molecule has 3 fully saturated rings. The fourth-order valence-corrected chi connectivity index (χ4v) is 5.30. The van der Waals surface area contributed by atoms with E-state index in [2.05, 4.69) is 38.2 Å². The molecule has 3 rings (SSSR count). The zero-order valence-electron chi connectivity index (χ0n) is 15.4. The molecule has 0 aliphatic heterocycles. The second kappa shape index (κ2) is 6.57. The number of hydrazone groups is 1. The van der Waals surface area contributed by atoms with E-state index in [1.54, 1.807) is 0 Å². The van der Waals surface area contributed by atoms with Crippen molar-refractivity contribution in [3.05, 3.63) is 0 Å². The lowest BCUT2D eigenvalue weighted by Crippen LogP contribution is -2.34. The molecule has 1 amide bonds. The molecule has 0 aromatic rings. The summed E-state index contributed by atoms with van der Waals surface area (Å²) in [7, 11) is 0. The van der Waals surface area contributed by atoms with E-state index in [0.29, 0.717) is 11.3 Å². The lowest BCUT2D eigenvalue weighted by atomic mass is 9.70. The Bertz CT molecular complexity index is 469. The summed E-state index contributed by atoms with van der Waals surface area (Å²) in [5, 5.41) is 4.48. The van der Waals surface area contributed by atoms with Crippen LogP contribution in [0.3, 0.4) is 0 Å². The van der Waals surface area contributed by atoms with E-state index >= 15 is 0 Å². The largest absolute Gasteiger partial charge is 0.273 e. The molecule has 1 N–H and O–H groups in total. The van der Waals surface area contributed by atoms with Crippen LogP contribution in [-0.2, 0) is 4.79 Å². The van der Waals surface area contributed by atoms with Crippen molar-refractivity contribution in [1.82, 2.24) is 5.43 Å². The van der Waals surface area contributed by atoms with Crippen molar-refractivity contribution in [2.75, 3.05) is 0 Å². The highest BCUT2D eigenvalue weighted by Gasteiger charge is 2.40. The van der Waals surface area contributed by atoms with Gasteiger partial charge in [0.25, 0.3) is 0 Å². The van der Waals surface area contributed by atoms with E-state index < -0.39 is 0 Å². The van der Waals surface area contributed by atoms with Crippen LogP contribution in [0.1, 0.15) is 79.1 Å². The van der Waals surface area contributed by atoms with Crippen LogP contribution >= 0.6 is 0 Å². The standard InChI is InChI=1S/C20H34N2O/c1-13(18-12-14-5-6-16(18)11-14)21-22-19(23)15-7-9-17(10-8-15)20(2,3)4/h14-18H,5-12H2,1-4H3,(H,22,23)/b21-13+/t14-,15?,16-,17?,18-/m1/s1. The first-order valence-corrected chi connectivity index (χ1v) is 9.68. The third-order valence-corrected chi connectivity index (χ3v) is 6.94. The molecule has 3 aliphatic rings. The van der Waals surface area contributed by atoms with Crippen LogP contribution in [0.4, 0.5) is 0 Å². The monoisotopic (exact) mass is 318 g/mol. The summed E-state index contributed by atoms with van der Waals surface area (Å²) >= 11 is 0. The Morgan fingerprint density at radius 1 is 1.00 bits per heavy atom. The van der Waals surface area contributed by atoms with Gasteiger partial charge in [-0.05, 0) is 75.0 Å². The summed E-state index contributed by atoms with van der Waals surface area (Å²) in [6.45, 7) is 9.07. The number of carbonyl (C=O) groups excluding carboxylic acids is 1. The molecule has 0 radical (unpaired) electrons. The fourth-order valence-electron chi connectivity index (χ4n) is 5.30. The van der Waals surface area contributed by atoms with E-state index in [9.17, 15) is 4.79 Å². The van der Waals surface area contributed by atoms with Gasteiger partial charge in [-0.15, -0.1) is 0 Å². The van der Waals surface area contributed by atoms with Gasteiger partial charge in [-0.2, -0.15) is 5.10 Å². The van der Waals surface area contributed by atoms with Gasteiger partial charge in [0, 0.05) is 17.5 Å². The molecular weight excluding hydrogens is 284 g/mol. The van der Waals surface area contributed by atoms with Gasteiger partial charge in [-0.3, -0.25) is 4.79 Å². The van der Waals surface area contributed by atoms with Gasteiger partial charge in [0.15, 0.2) is 0 Å². The average molecular weight is 319 g/mol. The van der Waals surface area contributed by atoms with Crippen LogP contribution < -0.4 is 5.43 Å². The Kier molecular flexibility index (Phi) is 4.85. The van der Waals surface area contributed by atoms with Crippen molar-refractivity contribution in [1.29, 1.82) is 0 Å². The lowest BCUT2D eigenvalue weighted by Gasteiger charge is -2.36. The number of fused-ring (bicyclic) bond motifs is 2. The smallest absolute Gasteiger partial charge is 0.243 e. The van der Waals surface area contributed by atoms with Gasteiger partial charge in [-0.25, -0.2) is 5.43 Å². The Balaban J connectivity index is 1.47. The Hall–Kier alpha value is -0.860. The topological polar surface area (TPSA) is 41.5 Å². The summed E-state index contributed by atoms with van der Waals surface area (Å²) in [6, 6.07) is 0. The number of nitrogens with one attached hydrogen (secondary N) is 1. The van der Waals surface area contributed by atoms with E-state index in [-0.39, 0.29) is 11.8 Å². The summed E-state index contributed by atoms with van der Waals surface area (Å²) in [5.74, 6) is 3.47. The van der Waals surface area contributed by atoms with Gasteiger partial charge >= 0.3 is 0 Å². The minimum atomic E-state index is 0.153.